The highest BCUT2D eigenvalue weighted by Crippen LogP contribution is 2.27. The topological polar surface area (TPSA) is 77.8 Å². The number of morpholine rings is 1. The Morgan fingerprint density at radius 1 is 1.20 bits per heavy atom. The summed E-state index contributed by atoms with van der Waals surface area (Å²) in [7, 11) is 1.64. The van der Waals surface area contributed by atoms with E-state index in [9.17, 15) is 4.79 Å². The van der Waals surface area contributed by atoms with Crippen molar-refractivity contribution in [2.45, 2.75) is 51.1 Å². The van der Waals surface area contributed by atoms with E-state index >= 15 is 0 Å². The van der Waals surface area contributed by atoms with Gasteiger partial charge in [-0.3, -0.25) is 4.79 Å². The Labute approximate surface area is 180 Å². The number of amides is 1. The second-order valence-electron chi connectivity index (χ2n) is 8.42. The molecule has 30 heavy (non-hydrogen) atoms. The zero-order valence-electron chi connectivity index (χ0n) is 18.4. The summed E-state index contributed by atoms with van der Waals surface area (Å²) in [5.41, 5.74) is 1.20. The summed E-state index contributed by atoms with van der Waals surface area (Å²) in [4.78, 5) is 13.8. The van der Waals surface area contributed by atoms with E-state index in [2.05, 4.69) is 16.7 Å². The average molecular weight is 422 g/mol. The molecule has 0 atom stereocenters. The van der Waals surface area contributed by atoms with Gasteiger partial charge in [0.05, 0.1) is 33.4 Å². The fraction of sp³-hybridized carbons (Fsp3) is 0.696. The maximum atomic E-state index is 12.2. The molecule has 0 unspecified atom stereocenters. The Hall–Kier alpha value is -1.83. The fourth-order valence-electron chi connectivity index (χ4n) is 4.29. The van der Waals surface area contributed by atoms with Crippen LogP contribution in [-0.4, -0.2) is 65.1 Å². The molecular formula is C23H39N3O4+2. The number of quaternary nitrogens is 2. The molecular weight excluding hydrogens is 382 g/mol. The summed E-state index contributed by atoms with van der Waals surface area (Å²) in [5, 5.41) is 5.42. The van der Waals surface area contributed by atoms with Gasteiger partial charge in [-0.25, -0.2) is 0 Å². The predicted octanol–water partition coefficient (Wildman–Crippen LogP) is -0.108. The lowest BCUT2D eigenvalue weighted by molar-refractivity contribution is -0.909. The second-order valence-corrected chi connectivity index (χ2v) is 8.42. The van der Waals surface area contributed by atoms with Gasteiger partial charge in [0.2, 0.25) is 0 Å². The predicted molar refractivity (Wildman–Crippen MR) is 115 cm³/mol. The lowest BCUT2D eigenvalue weighted by atomic mass is 9.95. The number of methoxy groups -OCH3 is 1. The van der Waals surface area contributed by atoms with E-state index in [1.54, 1.807) is 12.0 Å². The molecule has 7 nitrogen and oxygen atoms in total. The fourth-order valence-corrected chi connectivity index (χ4v) is 4.29. The van der Waals surface area contributed by atoms with Crippen LogP contribution in [0.25, 0.3) is 0 Å². The smallest absolute Gasteiger partial charge is 0.258 e. The van der Waals surface area contributed by atoms with Crippen molar-refractivity contribution in [3.8, 4) is 11.5 Å². The number of nitrogens with two attached hydrogens (primary N) is 1. The Kier molecular flexibility index (Phi) is 9.73. The number of hydrogen-bond acceptors (Lipinski definition) is 4. The highest BCUT2D eigenvalue weighted by molar-refractivity contribution is 5.78. The number of ether oxygens (including phenoxy) is 3. The molecule has 4 N–H and O–H groups in total. The van der Waals surface area contributed by atoms with Crippen molar-refractivity contribution in [2.75, 3.05) is 53.1 Å². The third-order valence-corrected chi connectivity index (χ3v) is 6.08. The Balaban J connectivity index is 1.36. The summed E-state index contributed by atoms with van der Waals surface area (Å²) in [6, 6.07) is 6.28. The van der Waals surface area contributed by atoms with Gasteiger partial charge in [-0.1, -0.05) is 19.3 Å². The van der Waals surface area contributed by atoms with Crippen LogP contribution in [0.4, 0.5) is 0 Å². The van der Waals surface area contributed by atoms with Gasteiger partial charge >= 0.3 is 0 Å². The van der Waals surface area contributed by atoms with Gasteiger partial charge in [0.15, 0.2) is 18.1 Å². The maximum Gasteiger partial charge on any atom is 0.258 e. The third kappa shape index (κ3) is 7.78. The van der Waals surface area contributed by atoms with Crippen molar-refractivity contribution >= 4 is 5.91 Å². The standard InChI is InChI=1S/C23H37N3O4/c1-28-22-16-19(17-24-10-5-11-26-12-14-29-15-13-26)8-9-21(22)30-18-23(27)25-20-6-3-2-4-7-20/h8-9,16,20,24H,2-7,10-15,17-18H2,1H3,(H,25,27)/p+2. The Bertz CT molecular complexity index is 643. The van der Waals surface area contributed by atoms with E-state index < -0.39 is 0 Å². The zero-order chi connectivity index (χ0) is 21.0. The summed E-state index contributed by atoms with van der Waals surface area (Å²) in [6.07, 6.45) is 7.05. The molecule has 0 aromatic heterocycles. The lowest BCUT2D eigenvalue weighted by Gasteiger charge is -2.23. The minimum atomic E-state index is -0.0521. The molecule has 7 heteroatoms. The number of benzene rings is 1. The quantitative estimate of drug-likeness (QED) is 0.436. The first-order valence-electron chi connectivity index (χ1n) is 11.6. The largest absolute Gasteiger partial charge is 0.493 e. The van der Waals surface area contributed by atoms with Crippen molar-refractivity contribution in [1.82, 2.24) is 5.32 Å². The first kappa shape index (κ1) is 22.8. The number of carbonyl (C=O) groups is 1. The molecule has 1 aliphatic heterocycles. The van der Waals surface area contributed by atoms with Gasteiger partial charge in [-0.15, -0.1) is 0 Å². The van der Waals surface area contributed by atoms with Crippen LogP contribution in [0.3, 0.4) is 0 Å². The molecule has 0 bridgehead atoms. The molecule has 0 radical (unpaired) electrons. The van der Waals surface area contributed by atoms with Gasteiger partial charge in [-0.05, 0) is 31.0 Å². The van der Waals surface area contributed by atoms with Gasteiger partial charge in [-0.2, -0.15) is 0 Å². The van der Waals surface area contributed by atoms with Crippen LogP contribution in [0, 0.1) is 0 Å². The van der Waals surface area contributed by atoms with E-state index in [0.29, 0.717) is 17.5 Å². The van der Waals surface area contributed by atoms with Crippen molar-refractivity contribution in [2.24, 2.45) is 0 Å². The normalized spacial score (nSPS) is 18.2. The minimum absolute atomic E-state index is 0.0300. The molecule has 1 aliphatic carbocycles. The van der Waals surface area contributed by atoms with Crippen molar-refractivity contribution in [3.05, 3.63) is 23.8 Å². The monoisotopic (exact) mass is 421 g/mol. The number of carbonyl (C=O) groups excluding carboxylic acids is 1. The van der Waals surface area contributed by atoms with E-state index in [4.69, 9.17) is 14.2 Å². The molecule has 1 aromatic carbocycles. The average Bonchev–Trinajstić information content (AvgIpc) is 2.79. The van der Waals surface area contributed by atoms with E-state index in [1.165, 1.54) is 37.8 Å². The van der Waals surface area contributed by atoms with Gasteiger partial charge in [0, 0.05) is 18.0 Å². The Morgan fingerprint density at radius 2 is 2.00 bits per heavy atom. The van der Waals surface area contributed by atoms with Crippen LogP contribution >= 0.6 is 0 Å². The van der Waals surface area contributed by atoms with Gasteiger partial charge < -0.3 is 29.7 Å². The first-order chi connectivity index (χ1) is 14.7. The van der Waals surface area contributed by atoms with Crippen molar-refractivity contribution in [1.29, 1.82) is 0 Å². The highest BCUT2D eigenvalue weighted by atomic mass is 16.5. The van der Waals surface area contributed by atoms with E-state index in [0.717, 1.165) is 52.2 Å². The number of rotatable bonds is 11. The molecule has 168 valence electrons. The van der Waals surface area contributed by atoms with Gasteiger partial charge in [0.1, 0.15) is 19.6 Å². The minimum Gasteiger partial charge on any atom is -0.493 e. The third-order valence-electron chi connectivity index (χ3n) is 6.08. The van der Waals surface area contributed by atoms with Crippen LogP contribution in [0.1, 0.15) is 44.1 Å². The summed E-state index contributed by atoms with van der Waals surface area (Å²) < 4.78 is 16.6. The molecule has 1 aromatic rings. The molecule has 2 fully saturated rings. The van der Waals surface area contributed by atoms with Crippen molar-refractivity contribution < 1.29 is 29.2 Å². The SMILES string of the molecule is COc1cc(C[NH2+]CCC[NH+]2CCOCC2)ccc1OCC(=O)NC1CCCCC1. The molecule has 1 heterocycles. The second kappa shape index (κ2) is 12.8. The van der Waals surface area contributed by atoms with Crippen LogP contribution < -0.4 is 25.0 Å². The summed E-state index contributed by atoms with van der Waals surface area (Å²) >= 11 is 0. The number of hydrogen-bond donors (Lipinski definition) is 3. The first-order valence-corrected chi connectivity index (χ1v) is 11.6. The molecule has 0 spiro atoms. The highest BCUT2D eigenvalue weighted by Gasteiger charge is 2.17. The number of nitrogens with one attached hydrogen (secondary N) is 2. The van der Waals surface area contributed by atoms with Crippen LogP contribution in [0.15, 0.2) is 18.2 Å². The molecule has 1 amide bonds. The van der Waals surface area contributed by atoms with Crippen LogP contribution in [0.2, 0.25) is 0 Å². The molecule has 3 rings (SSSR count). The molecule has 1 saturated carbocycles. The Morgan fingerprint density at radius 3 is 2.77 bits per heavy atom. The molecule has 2 aliphatic rings. The van der Waals surface area contributed by atoms with Gasteiger partial charge in [0.25, 0.3) is 5.91 Å². The zero-order valence-corrected chi connectivity index (χ0v) is 18.4. The molecule has 1 saturated heterocycles. The van der Waals surface area contributed by atoms with Crippen LogP contribution in [-0.2, 0) is 16.1 Å². The van der Waals surface area contributed by atoms with Crippen LogP contribution in [0.5, 0.6) is 11.5 Å². The maximum absolute atomic E-state index is 12.2. The summed E-state index contributed by atoms with van der Waals surface area (Å²) in [6.45, 7) is 7.35. The van der Waals surface area contributed by atoms with Crippen molar-refractivity contribution in [3.63, 3.8) is 0 Å². The summed E-state index contributed by atoms with van der Waals surface area (Å²) in [5.74, 6) is 1.25. The van der Waals surface area contributed by atoms with E-state index in [-0.39, 0.29) is 12.5 Å². The lowest BCUT2D eigenvalue weighted by Crippen LogP contribution is -3.14. The van der Waals surface area contributed by atoms with E-state index in [1.807, 2.05) is 12.1 Å².